The number of hydrazine groups is 1. The Bertz CT molecular complexity index is 638. The molecule has 0 heterocycles. The second kappa shape index (κ2) is 9.61. The molecule has 2 rings (SSSR count). The quantitative estimate of drug-likeness (QED) is 0.514. The molecule has 0 aliphatic carbocycles. The number of hydrogen-bond donors (Lipinski definition) is 0. The minimum Gasteiger partial charge on any atom is -0.277 e. The average molecular weight is 335 g/mol. The van der Waals surface area contributed by atoms with Gasteiger partial charge in [0.05, 0.1) is 6.07 Å². The summed E-state index contributed by atoms with van der Waals surface area (Å²) in [6, 6.07) is 21.8. The van der Waals surface area contributed by atoms with Crippen LogP contribution < -0.4 is 0 Å². The van der Waals surface area contributed by atoms with E-state index in [0.29, 0.717) is 25.4 Å². The highest BCUT2D eigenvalue weighted by atomic mass is 16.1. The van der Waals surface area contributed by atoms with Gasteiger partial charge in [-0.05, 0) is 23.5 Å². The van der Waals surface area contributed by atoms with Gasteiger partial charge in [0, 0.05) is 13.1 Å². The van der Waals surface area contributed by atoms with Crippen molar-refractivity contribution in [3.8, 4) is 6.07 Å². The van der Waals surface area contributed by atoms with E-state index in [9.17, 15) is 10.1 Å². The number of amides is 1. The third-order valence-electron chi connectivity index (χ3n) is 4.01. The Balaban J connectivity index is 2.27. The van der Waals surface area contributed by atoms with Crippen LogP contribution in [0.1, 0.15) is 31.4 Å². The number of nitriles is 1. The van der Waals surface area contributed by atoms with E-state index in [1.807, 2.05) is 65.7 Å². The van der Waals surface area contributed by atoms with Crippen LogP contribution in [0.5, 0.6) is 0 Å². The molecule has 0 bridgehead atoms. The summed E-state index contributed by atoms with van der Waals surface area (Å²) in [5.74, 6) is 0.336. The Labute approximate surface area is 150 Å². The Morgan fingerprint density at radius 2 is 1.44 bits per heavy atom. The molecule has 2 aromatic rings. The van der Waals surface area contributed by atoms with Crippen LogP contribution in [-0.2, 0) is 17.9 Å². The molecule has 0 fully saturated rings. The SMILES string of the molecule is CC(C)C[C@@H](C#N)N(C=O)N(Cc1ccccc1)Cc1ccccc1. The molecule has 1 atom stereocenters. The van der Waals surface area contributed by atoms with Gasteiger partial charge < -0.3 is 0 Å². The Hall–Kier alpha value is -2.64. The summed E-state index contributed by atoms with van der Waals surface area (Å²) in [6.45, 7) is 5.27. The number of carbonyl (C=O) groups excluding carboxylic acids is 1. The first-order valence-corrected chi connectivity index (χ1v) is 8.60. The third kappa shape index (κ3) is 5.74. The molecule has 0 saturated carbocycles. The summed E-state index contributed by atoms with van der Waals surface area (Å²) in [4.78, 5) is 11.8. The maximum Gasteiger partial charge on any atom is 0.225 e. The zero-order chi connectivity index (χ0) is 18.1. The molecule has 0 aromatic heterocycles. The minimum atomic E-state index is -0.468. The number of nitrogens with zero attached hydrogens (tertiary/aromatic N) is 3. The lowest BCUT2D eigenvalue weighted by Gasteiger charge is -2.35. The zero-order valence-corrected chi connectivity index (χ0v) is 14.9. The van der Waals surface area contributed by atoms with E-state index in [0.717, 1.165) is 17.5 Å². The molecule has 0 aliphatic rings. The van der Waals surface area contributed by atoms with Gasteiger partial charge in [-0.2, -0.15) is 5.26 Å². The molecule has 130 valence electrons. The molecule has 0 N–H and O–H groups in total. The number of carbonyl (C=O) groups is 1. The summed E-state index contributed by atoms with van der Waals surface area (Å²) < 4.78 is 0. The van der Waals surface area contributed by atoms with Gasteiger partial charge in [-0.3, -0.25) is 9.80 Å². The Morgan fingerprint density at radius 1 is 0.960 bits per heavy atom. The number of hydrogen-bond acceptors (Lipinski definition) is 3. The normalized spacial score (nSPS) is 12.0. The molecular formula is C21H25N3O. The van der Waals surface area contributed by atoms with Crippen molar-refractivity contribution in [2.75, 3.05) is 0 Å². The van der Waals surface area contributed by atoms with Crippen LogP contribution in [0.2, 0.25) is 0 Å². The highest BCUT2D eigenvalue weighted by Crippen LogP contribution is 2.17. The first kappa shape index (κ1) is 18.7. The molecule has 25 heavy (non-hydrogen) atoms. The molecule has 0 radical (unpaired) electrons. The Morgan fingerprint density at radius 3 is 1.80 bits per heavy atom. The largest absolute Gasteiger partial charge is 0.277 e. The predicted molar refractivity (Wildman–Crippen MR) is 98.9 cm³/mol. The maximum absolute atomic E-state index is 11.8. The van der Waals surface area contributed by atoms with Crippen LogP contribution >= 0.6 is 0 Å². The minimum absolute atomic E-state index is 0.336. The van der Waals surface area contributed by atoms with Gasteiger partial charge in [-0.25, -0.2) is 5.01 Å². The average Bonchev–Trinajstić information content (AvgIpc) is 2.62. The van der Waals surface area contributed by atoms with Gasteiger partial charge in [0.2, 0.25) is 6.41 Å². The summed E-state index contributed by atoms with van der Waals surface area (Å²) in [5.41, 5.74) is 2.21. The van der Waals surface area contributed by atoms with Gasteiger partial charge >= 0.3 is 0 Å². The van der Waals surface area contributed by atoms with Crippen LogP contribution in [0.25, 0.3) is 0 Å². The van der Waals surface area contributed by atoms with Gasteiger partial charge in [0.25, 0.3) is 0 Å². The van der Waals surface area contributed by atoms with Crippen LogP contribution in [0.3, 0.4) is 0 Å². The lowest BCUT2D eigenvalue weighted by atomic mass is 10.0. The first-order valence-electron chi connectivity index (χ1n) is 8.60. The molecule has 0 unspecified atom stereocenters. The van der Waals surface area contributed by atoms with Crippen molar-refractivity contribution in [2.45, 2.75) is 39.4 Å². The van der Waals surface area contributed by atoms with E-state index < -0.39 is 6.04 Å². The summed E-state index contributed by atoms with van der Waals surface area (Å²) in [6.07, 6.45) is 1.43. The molecule has 0 saturated heterocycles. The second-order valence-electron chi connectivity index (χ2n) is 6.55. The van der Waals surface area contributed by atoms with Gasteiger partial charge in [-0.15, -0.1) is 0 Å². The fourth-order valence-corrected chi connectivity index (χ4v) is 2.81. The molecule has 4 heteroatoms. The van der Waals surface area contributed by atoms with Crippen LogP contribution in [-0.4, -0.2) is 22.5 Å². The first-order chi connectivity index (χ1) is 12.1. The fourth-order valence-electron chi connectivity index (χ4n) is 2.81. The van der Waals surface area contributed by atoms with Crippen LogP contribution in [0, 0.1) is 17.2 Å². The summed E-state index contributed by atoms with van der Waals surface area (Å²) in [7, 11) is 0. The molecular weight excluding hydrogens is 310 g/mol. The van der Waals surface area contributed by atoms with Gasteiger partial charge in [0.15, 0.2) is 0 Å². The molecule has 2 aromatic carbocycles. The van der Waals surface area contributed by atoms with Crippen LogP contribution in [0.15, 0.2) is 60.7 Å². The van der Waals surface area contributed by atoms with Crippen molar-refractivity contribution in [1.82, 2.24) is 10.0 Å². The smallest absolute Gasteiger partial charge is 0.225 e. The molecule has 0 spiro atoms. The summed E-state index contributed by atoms with van der Waals surface area (Å²) >= 11 is 0. The summed E-state index contributed by atoms with van der Waals surface area (Å²) in [5, 5.41) is 13.1. The predicted octanol–water partition coefficient (Wildman–Crippen LogP) is 4.00. The van der Waals surface area contributed by atoms with Crippen molar-refractivity contribution >= 4 is 6.41 Å². The van der Waals surface area contributed by atoms with Crippen molar-refractivity contribution < 1.29 is 4.79 Å². The molecule has 1 amide bonds. The maximum atomic E-state index is 11.8. The van der Waals surface area contributed by atoms with E-state index in [1.165, 1.54) is 0 Å². The van der Waals surface area contributed by atoms with Crippen molar-refractivity contribution in [1.29, 1.82) is 5.26 Å². The van der Waals surface area contributed by atoms with Crippen molar-refractivity contribution in [3.63, 3.8) is 0 Å². The van der Waals surface area contributed by atoms with Crippen molar-refractivity contribution in [2.24, 2.45) is 5.92 Å². The van der Waals surface area contributed by atoms with E-state index >= 15 is 0 Å². The lowest BCUT2D eigenvalue weighted by molar-refractivity contribution is -0.141. The van der Waals surface area contributed by atoms with Gasteiger partial charge in [0.1, 0.15) is 6.04 Å². The number of benzene rings is 2. The highest BCUT2D eigenvalue weighted by molar-refractivity contribution is 5.48. The highest BCUT2D eigenvalue weighted by Gasteiger charge is 2.24. The number of rotatable bonds is 9. The van der Waals surface area contributed by atoms with Gasteiger partial charge in [-0.1, -0.05) is 74.5 Å². The molecule has 4 nitrogen and oxygen atoms in total. The lowest BCUT2D eigenvalue weighted by Crippen LogP contribution is -2.47. The topological polar surface area (TPSA) is 47.3 Å². The monoisotopic (exact) mass is 335 g/mol. The van der Waals surface area contributed by atoms with E-state index in [1.54, 1.807) is 5.01 Å². The second-order valence-corrected chi connectivity index (χ2v) is 6.55. The van der Waals surface area contributed by atoms with E-state index in [4.69, 9.17) is 0 Å². The van der Waals surface area contributed by atoms with E-state index in [2.05, 4.69) is 19.9 Å². The Kier molecular flexibility index (Phi) is 7.18. The third-order valence-corrected chi connectivity index (χ3v) is 4.01. The molecule has 0 aliphatic heterocycles. The fraction of sp³-hybridized carbons (Fsp3) is 0.333. The van der Waals surface area contributed by atoms with E-state index in [-0.39, 0.29) is 0 Å². The van der Waals surface area contributed by atoms with Crippen molar-refractivity contribution in [3.05, 3.63) is 71.8 Å². The zero-order valence-electron chi connectivity index (χ0n) is 14.9. The van der Waals surface area contributed by atoms with Crippen LogP contribution in [0.4, 0.5) is 0 Å². The standard InChI is InChI=1S/C21H25N3O/c1-18(2)13-21(14-22)24(17-25)23(15-19-9-5-3-6-10-19)16-20-11-7-4-8-12-20/h3-12,17-18,21H,13,15-16H2,1-2H3/t21-/m0/s1.